The molecule has 0 aliphatic carbocycles. The van der Waals surface area contributed by atoms with Gasteiger partial charge in [-0.25, -0.2) is 0 Å². The molecule has 4 heteroatoms. The zero-order chi connectivity index (χ0) is 16.4. The van der Waals surface area contributed by atoms with Crippen molar-refractivity contribution in [1.82, 2.24) is 4.90 Å². The van der Waals surface area contributed by atoms with Gasteiger partial charge in [-0.2, -0.15) is 0 Å². The van der Waals surface area contributed by atoms with Gasteiger partial charge in [-0.3, -0.25) is 9.59 Å². The summed E-state index contributed by atoms with van der Waals surface area (Å²) in [6.07, 6.45) is 3.47. The van der Waals surface area contributed by atoms with Gasteiger partial charge in [0.2, 0.25) is 11.8 Å². The number of carbonyl (C=O) groups is 2. The van der Waals surface area contributed by atoms with Crippen LogP contribution in [-0.2, 0) is 16.0 Å². The molecule has 0 saturated carbocycles. The Morgan fingerprint density at radius 1 is 1.13 bits per heavy atom. The van der Waals surface area contributed by atoms with Crippen molar-refractivity contribution in [3.8, 4) is 0 Å². The van der Waals surface area contributed by atoms with Gasteiger partial charge in [0.05, 0.1) is 0 Å². The minimum absolute atomic E-state index is 0.0707. The first-order valence-electron chi connectivity index (χ1n) is 8.70. The van der Waals surface area contributed by atoms with Gasteiger partial charge >= 0.3 is 0 Å². The van der Waals surface area contributed by atoms with Crippen LogP contribution < -0.4 is 4.90 Å². The summed E-state index contributed by atoms with van der Waals surface area (Å²) in [7, 11) is 0. The highest BCUT2D eigenvalue weighted by molar-refractivity contribution is 5.99. The standard InChI is InChI=1S/C19H26N2O2/c1-14-10-15(2)12-20(11-14)19(23)13-21-17-8-4-3-6-16(17)7-5-9-18(21)22/h3-4,6,8,14-15H,5,7,9-13H2,1-2H3/t14-,15-/m0/s1. The monoisotopic (exact) mass is 314 g/mol. The number of likely N-dealkylation sites (tertiary alicyclic amines) is 1. The molecular formula is C19H26N2O2. The van der Waals surface area contributed by atoms with Crippen molar-refractivity contribution in [2.75, 3.05) is 24.5 Å². The number of anilines is 1. The number of piperidine rings is 1. The van der Waals surface area contributed by atoms with Gasteiger partial charge in [0, 0.05) is 25.2 Å². The minimum atomic E-state index is 0.0707. The van der Waals surface area contributed by atoms with E-state index in [1.807, 2.05) is 23.1 Å². The topological polar surface area (TPSA) is 40.6 Å². The van der Waals surface area contributed by atoms with Crippen molar-refractivity contribution in [3.63, 3.8) is 0 Å². The summed E-state index contributed by atoms with van der Waals surface area (Å²) in [6, 6.07) is 7.98. The highest BCUT2D eigenvalue weighted by Crippen LogP contribution is 2.27. The van der Waals surface area contributed by atoms with E-state index in [1.165, 1.54) is 12.0 Å². The van der Waals surface area contributed by atoms with Gasteiger partial charge < -0.3 is 9.80 Å². The molecule has 0 spiro atoms. The highest BCUT2D eigenvalue weighted by Gasteiger charge is 2.29. The third kappa shape index (κ3) is 3.57. The lowest BCUT2D eigenvalue weighted by Crippen LogP contribution is -2.48. The van der Waals surface area contributed by atoms with Crippen LogP contribution in [0.3, 0.4) is 0 Å². The molecule has 1 saturated heterocycles. The van der Waals surface area contributed by atoms with Crippen molar-refractivity contribution < 1.29 is 9.59 Å². The lowest BCUT2D eigenvalue weighted by Gasteiger charge is -2.36. The number of hydrogen-bond donors (Lipinski definition) is 0. The average molecular weight is 314 g/mol. The summed E-state index contributed by atoms with van der Waals surface area (Å²) in [6.45, 7) is 6.19. The summed E-state index contributed by atoms with van der Waals surface area (Å²) in [4.78, 5) is 28.9. The molecule has 23 heavy (non-hydrogen) atoms. The summed E-state index contributed by atoms with van der Waals surface area (Å²) in [5.41, 5.74) is 2.09. The Labute approximate surface area is 138 Å². The Morgan fingerprint density at radius 3 is 2.57 bits per heavy atom. The van der Waals surface area contributed by atoms with Crippen LogP contribution in [0.5, 0.6) is 0 Å². The number of aryl methyl sites for hydroxylation is 1. The Hall–Kier alpha value is -1.84. The molecule has 2 aliphatic heterocycles. The van der Waals surface area contributed by atoms with E-state index < -0.39 is 0 Å². The van der Waals surface area contributed by atoms with Crippen LogP contribution in [0.2, 0.25) is 0 Å². The van der Waals surface area contributed by atoms with Crippen LogP contribution >= 0.6 is 0 Å². The van der Waals surface area contributed by atoms with Crippen LogP contribution in [0, 0.1) is 11.8 Å². The van der Waals surface area contributed by atoms with E-state index in [0.717, 1.165) is 31.6 Å². The summed E-state index contributed by atoms with van der Waals surface area (Å²) in [5, 5.41) is 0. The molecule has 0 unspecified atom stereocenters. The van der Waals surface area contributed by atoms with Gasteiger partial charge in [-0.05, 0) is 42.7 Å². The Balaban J connectivity index is 1.78. The Bertz CT molecular complexity index is 589. The van der Waals surface area contributed by atoms with Crippen molar-refractivity contribution in [1.29, 1.82) is 0 Å². The second-order valence-electron chi connectivity index (χ2n) is 7.21. The maximum Gasteiger partial charge on any atom is 0.242 e. The first-order chi connectivity index (χ1) is 11.0. The largest absolute Gasteiger partial charge is 0.341 e. The fourth-order valence-corrected chi connectivity index (χ4v) is 3.96. The van der Waals surface area contributed by atoms with Crippen molar-refractivity contribution in [2.45, 2.75) is 39.5 Å². The van der Waals surface area contributed by atoms with Crippen LogP contribution in [0.1, 0.15) is 38.7 Å². The molecule has 0 bridgehead atoms. The lowest BCUT2D eigenvalue weighted by molar-refractivity contribution is -0.133. The summed E-state index contributed by atoms with van der Waals surface area (Å²) < 4.78 is 0. The van der Waals surface area contributed by atoms with E-state index in [0.29, 0.717) is 18.3 Å². The molecule has 3 rings (SSSR count). The minimum Gasteiger partial charge on any atom is -0.341 e. The SMILES string of the molecule is C[C@H]1C[C@H](C)CN(C(=O)CN2C(=O)CCCc3ccccc32)C1. The quantitative estimate of drug-likeness (QED) is 0.842. The van der Waals surface area contributed by atoms with Gasteiger partial charge in [0.15, 0.2) is 0 Å². The number of nitrogens with zero attached hydrogens (tertiary/aromatic N) is 2. The summed E-state index contributed by atoms with van der Waals surface area (Å²) >= 11 is 0. The first kappa shape index (κ1) is 16.0. The molecule has 0 aromatic heterocycles. The molecule has 2 atom stereocenters. The predicted molar refractivity (Wildman–Crippen MR) is 91.3 cm³/mol. The number of carbonyl (C=O) groups excluding carboxylic acids is 2. The first-order valence-corrected chi connectivity index (χ1v) is 8.70. The molecule has 1 fully saturated rings. The van der Waals surface area contributed by atoms with E-state index in [2.05, 4.69) is 19.9 Å². The number of hydrogen-bond acceptors (Lipinski definition) is 2. The van der Waals surface area contributed by atoms with E-state index >= 15 is 0 Å². The normalized spacial score (nSPS) is 25.0. The van der Waals surface area contributed by atoms with E-state index in [-0.39, 0.29) is 18.4 Å². The maximum atomic E-state index is 12.8. The Morgan fingerprint density at radius 2 is 1.83 bits per heavy atom. The molecule has 1 aromatic carbocycles. The van der Waals surface area contributed by atoms with E-state index in [9.17, 15) is 9.59 Å². The van der Waals surface area contributed by atoms with E-state index in [4.69, 9.17) is 0 Å². The molecule has 1 aromatic rings. The van der Waals surface area contributed by atoms with E-state index in [1.54, 1.807) is 4.90 Å². The zero-order valence-electron chi connectivity index (χ0n) is 14.1. The molecule has 2 heterocycles. The third-order valence-electron chi connectivity index (χ3n) is 4.94. The third-order valence-corrected chi connectivity index (χ3v) is 4.94. The van der Waals surface area contributed by atoms with Crippen molar-refractivity contribution in [2.24, 2.45) is 11.8 Å². The van der Waals surface area contributed by atoms with Crippen LogP contribution in [-0.4, -0.2) is 36.3 Å². The fraction of sp³-hybridized carbons (Fsp3) is 0.579. The molecule has 0 N–H and O–H groups in total. The van der Waals surface area contributed by atoms with Gasteiger partial charge in [0.1, 0.15) is 6.54 Å². The number of benzene rings is 1. The lowest BCUT2D eigenvalue weighted by atomic mass is 9.92. The molecule has 2 aliphatic rings. The maximum absolute atomic E-state index is 12.8. The number of amides is 2. The predicted octanol–water partition coefficient (Wildman–Crippen LogP) is 2.86. The molecular weight excluding hydrogens is 288 g/mol. The van der Waals surface area contributed by atoms with Gasteiger partial charge in [0.25, 0.3) is 0 Å². The average Bonchev–Trinajstić information content (AvgIpc) is 2.66. The number of fused-ring (bicyclic) bond motifs is 1. The fourth-order valence-electron chi connectivity index (χ4n) is 3.96. The van der Waals surface area contributed by atoms with Gasteiger partial charge in [-0.1, -0.05) is 32.0 Å². The smallest absolute Gasteiger partial charge is 0.242 e. The second kappa shape index (κ2) is 6.73. The Kier molecular flexibility index (Phi) is 4.69. The number of para-hydroxylation sites is 1. The van der Waals surface area contributed by atoms with Crippen LogP contribution in [0.25, 0.3) is 0 Å². The molecule has 2 amide bonds. The van der Waals surface area contributed by atoms with Crippen LogP contribution in [0.4, 0.5) is 5.69 Å². The van der Waals surface area contributed by atoms with Gasteiger partial charge in [-0.15, -0.1) is 0 Å². The molecule has 4 nitrogen and oxygen atoms in total. The van der Waals surface area contributed by atoms with Crippen molar-refractivity contribution in [3.05, 3.63) is 29.8 Å². The molecule has 0 radical (unpaired) electrons. The van der Waals surface area contributed by atoms with Crippen molar-refractivity contribution >= 4 is 17.5 Å². The second-order valence-corrected chi connectivity index (χ2v) is 7.21. The summed E-state index contributed by atoms with van der Waals surface area (Å²) in [5.74, 6) is 1.22. The number of rotatable bonds is 2. The van der Waals surface area contributed by atoms with Crippen LogP contribution in [0.15, 0.2) is 24.3 Å². The molecule has 124 valence electrons. The highest BCUT2D eigenvalue weighted by atomic mass is 16.2. The zero-order valence-corrected chi connectivity index (χ0v) is 14.1.